The molecule has 2 saturated heterocycles. The Morgan fingerprint density at radius 1 is 1.08 bits per heavy atom. The maximum Gasteiger partial charge on any atom is 0.222 e. The number of aromatic nitrogens is 2. The van der Waals surface area contributed by atoms with E-state index < -0.39 is 0 Å². The van der Waals surface area contributed by atoms with Crippen LogP contribution in [0.25, 0.3) is 0 Å². The summed E-state index contributed by atoms with van der Waals surface area (Å²) < 4.78 is 0. The first-order valence-corrected chi connectivity index (χ1v) is 9.59. The Labute approximate surface area is 155 Å². The van der Waals surface area contributed by atoms with Gasteiger partial charge in [-0.1, -0.05) is 30.3 Å². The number of benzene rings is 1. The second kappa shape index (κ2) is 7.44. The van der Waals surface area contributed by atoms with Crippen molar-refractivity contribution in [2.75, 3.05) is 24.5 Å². The first kappa shape index (κ1) is 17.0. The highest BCUT2D eigenvalue weighted by Gasteiger charge is 2.39. The molecular weight excluding hydrogens is 324 g/mol. The van der Waals surface area contributed by atoms with E-state index in [1.54, 1.807) is 0 Å². The molecule has 2 aliphatic heterocycles. The fourth-order valence-electron chi connectivity index (χ4n) is 4.30. The van der Waals surface area contributed by atoms with Gasteiger partial charge in [-0.15, -0.1) is 5.10 Å². The van der Waals surface area contributed by atoms with Gasteiger partial charge in [-0.05, 0) is 49.8 Å². The summed E-state index contributed by atoms with van der Waals surface area (Å²) in [4.78, 5) is 17.0. The minimum absolute atomic E-state index is 0.325. The molecule has 0 spiro atoms. The summed E-state index contributed by atoms with van der Waals surface area (Å²) in [5.74, 6) is 1.81. The summed E-state index contributed by atoms with van der Waals surface area (Å²) in [5, 5.41) is 8.54. The van der Waals surface area contributed by atoms with Crippen molar-refractivity contribution < 1.29 is 4.79 Å². The summed E-state index contributed by atoms with van der Waals surface area (Å²) >= 11 is 0. The van der Waals surface area contributed by atoms with Crippen molar-refractivity contribution in [3.8, 4) is 0 Å². The first-order valence-electron chi connectivity index (χ1n) is 9.59. The average Bonchev–Trinajstić information content (AvgIpc) is 2.68. The number of nitrogens with zero attached hydrogens (tertiary/aromatic N) is 4. The van der Waals surface area contributed by atoms with Gasteiger partial charge in [0.25, 0.3) is 0 Å². The molecule has 0 unspecified atom stereocenters. The standard InChI is InChI=1S/C21H26N4O/c1-16-7-9-20(23-22-16)24-13-12-19-18(15-24)8-10-21(26)25(19)14-11-17-5-3-2-4-6-17/h2-7,9,18-19H,8,10-15H2,1H3/t18-,19+/m1/s1. The Morgan fingerprint density at radius 3 is 2.69 bits per heavy atom. The van der Waals surface area contributed by atoms with Gasteiger partial charge < -0.3 is 9.80 Å². The highest BCUT2D eigenvalue weighted by atomic mass is 16.2. The Hall–Kier alpha value is -2.43. The molecule has 2 fully saturated rings. The Morgan fingerprint density at radius 2 is 1.92 bits per heavy atom. The van der Waals surface area contributed by atoms with Crippen LogP contribution in [0.5, 0.6) is 0 Å². The fourth-order valence-corrected chi connectivity index (χ4v) is 4.30. The SMILES string of the molecule is Cc1ccc(N2CC[C@H]3[C@H](CCC(=O)N3CCc3ccccc3)C2)nn1. The molecule has 136 valence electrons. The number of hydrogen-bond donors (Lipinski definition) is 0. The molecule has 0 bridgehead atoms. The third kappa shape index (κ3) is 3.57. The summed E-state index contributed by atoms with van der Waals surface area (Å²) in [5.41, 5.74) is 2.24. The third-order valence-electron chi connectivity index (χ3n) is 5.74. The zero-order valence-electron chi connectivity index (χ0n) is 15.3. The second-order valence-corrected chi connectivity index (χ2v) is 7.46. The van der Waals surface area contributed by atoms with Gasteiger partial charge in [0.2, 0.25) is 5.91 Å². The molecule has 1 aromatic carbocycles. The number of carbonyl (C=O) groups is 1. The highest BCUT2D eigenvalue weighted by Crippen LogP contribution is 2.32. The number of amides is 1. The average molecular weight is 350 g/mol. The molecule has 3 heterocycles. The van der Waals surface area contributed by atoms with Gasteiger partial charge >= 0.3 is 0 Å². The normalized spacial score (nSPS) is 23.0. The number of anilines is 1. The predicted octanol–water partition coefficient (Wildman–Crippen LogP) is 2.85. The smallest absolute Gasteiger partial charge is 0.222 e. The van der Waals surface area contributed by atoms with E-state index in [1.165, 1.54) is 5.56 Å². The number of hydrogen-bond acceptors (Lipinski definition) is 4. The number of piperidine rings is 2. The minimum Gasteiger partial charge on any atom is -0.355 e. The topological polar surface area (TPSA) is 49.3 Å². The molecule has 0 saturated carbocycles. The van der Waals surface area contributed by atoms with E-state index in [0.29, 0.717) is 24.3 Å². The molecule has 0 aliphatic carbocycles. The van der Waals surface area contributed by atoms with Crippen LogP contribution in [0.2, 0.25) is 0 Å². The van der Waals surface area contributed by atoms with Crippen molar-refractivity contribution in [2.45, 2.75) is 38.6 Å². The van der Waals surface area contributed by atoms with Crippen LogP contribution in [0.1, 0.15) is 30.5 Å². The summed E-state index contributed by atoms with van der Waals surface area (Å²) in [6, 6.07) is 14.9. The van der Waals surface area contributed by atoms with Gasteiger partial charge in [-0.3, -0.25) is 4.79 Å². The number of rotatable bonds is 4. The maximum absolute atomic E-state index is 12.5. The lowest BCUT2D eigenvalue weighted by Crippen LogP contribution is -2.56. The van der Waals surface area contributed by atoms with E-state index in [2.05, 4.69) is 50.3 Å². The molecule has 5 heteroatoms. The van der Waals surface area contributed by atoms with Crippen LogP contribution in [0, 0.1) is 12.8 Å². The third-order valence-corrected chi connectivity index (χ3v) is 5.74. The van der Waals surface area contributed by atoms with Crippen LogP contribution in [-0.2, 0) is 11.2 Å². The summed E-state index contributed by atoms with van der Waals surface area (Å²) in [6.45, 7) is 4.69. The molecule has 2 aromatic rings. The van der Waals surface area contributed by atoms with E-state index in [4.69, 9.17) is 0 Å². The number of likely N-dealkylation sites (tertiary alicyclic amines) is 1. The molecule has 1 aromatic heterocycles. The largest absolute Gasteiger partial charge is 0.355 e. The quantitative estimate of drug-likeness (QED) is 0.851. The molecule has 1 amide bonds. The lowest BCUT2D eigenvalue weighted by Gasteiger charge is -2.47. The summed E-state index contributed by atoms with van der Waals surface area (Å²) in [7, 11) is 0. The molecule has 0 N–H and O–H groups in total. The van der Waals surface area contributed by atoms with Crippen molar-refractivity contribution >= 4 is 11.7 Å². The number of fused-ring (bicyclic) bond motifs is 1. The zero-order valence-corrected chi connectivity index (χ0v) is 15.3. The predicted molar refractivity (Wildman–Crippen MR) is 102 cm³/mol. The van der Waals surface area contributed by atoms with Crippen molar-refractivity contribution in [1.29, 1.82) is 0 Å². The van der Waals surface area contributed by atoms with E-state index in [1.807, 2.05) is 19.1 Å². The maximum atomic E-state index is 12.5. The van der Waals surface area contributed by atoms with Crippen molar-refractivity contribution in [3.63, 3.8) is 0 Å². The van der Waals surface area contributed by atoms with Crippen LogP contribution in [0.15, 0.2) is 42.5 Å². The molecule has 26 heavy (non-hydrogen) atoms. The van der Waals surface area contributed by atoms with Crippen LogP contribution in [0.3, 0.4) is 0 Å². The minimum atomic E-state index is 0.325. The van der Waals surface area contributed by atoms with Crippen LogP contribution in [0.4, 0.5) is 5.82 Å². The van der Waals surface area contributed by atoms with Gasteiger partial charge in [0, 0.05) is 32.1 Å². The van der Waals surface area contributed by atoms with Crippen molar-refractivity contribution in [1.82, 2.24) is 15.1 Å². The van der Waals surface area contributed by atoms with E-state index in [9.17, 15) is 4.79 Å². The van der Waals surface area contributed by atoms with Crippen LogP contribution >= 0.6 is 0 Å². The fraction of sp³-hybridized carbons (Fsp3) is 0.476. The summed E-state index contributed by atoms with van der Waals surface area (Å²) in [6.07, 6.45) is 3.61. The lowest BCUT2D eigenvalue weighted by atomic mass is 9.83. The molecule has 2 atom stereocenters. The Balaban J connectivity index is 1.42. The highest BCUT2D eigenvalue weighted by molar-refractivity contribution is 5.77. The molecular formula is C21H26N4O. The Bertz CT molecular complexity index is 746. The monoisotopic (exact) mass is 350 g/mol. The molecule has 5 nitrogen and oxygen atoms in total. The number of carbonyl (C=O) groups excluding carboxylic acids is 1. The molecule has 4 rings (SSSR count). The van der Waals surface area contributed by atoms with E-state index in [-0.39, 0.29) is 0 Å². The van der Waals surface area contributed by atoms with Crippen molar-refractivity contribution in [2.24, 2.45) is 5.92 Å². The van der Waals surface area contributed by atoms with Crippen molar-refractivity contribution in [3.05, 3.63) is 53.7 Å². The van der Waals surface area contributed by atoms with Gasteiger partial charge in [-0.2, -0.15) is 5.10 Å². The zero-order chi connectivity index (χ0) is 17.9. The van der Waals surface area contributed by atoms with Gasteiger partial charge in [-0.25, -0.2) is 0 Å². The van der Waals surface area contributed by atoms with Gasteiger partial charge in [0.1, 0.15) is 0 Å². The lowest BCUT2D eigenvalue weighted by molar-refractivity contribution is -0.139. The van der Waals surface area contributed by atoms with Gasteiger partial charge in [0.05, 0.1) is 5.69 Å². The number of aryl methyl sites for hydroxylation is 1. The van der Waals surface area contributed by atoms with Crippen LogP contribution in [-0.4, -0.2) is 46.7 Å². The molecule has 0 radical (unpaired) electrons. The molecule has 2 aliphatic rings. The van der Waals surface area contributed by atoms with E-state index in [0.717, 1.165) is 50.4 Å². The first-order chi connectivity index (χ1) is 12.7. The van der Waals surface area contributed by atoms with Crippen LogP contribution < -0.4 is 4.90 Å². The Kier molecular flexibility index (Phi) is 4.87. The van der Waals surface area contributed by atoms with E-state index >= 15 is 0 Å². The van der Waals surface area contributed by atoms with Gasteiger partial charge in [0.15, 0.2) is 5.82 Å². The second-order valence-electron chi connectivity index (χ2n) is 7.46.